The first-order valence-electron chi connectivity index (χ1n) is 7.13. The van der Waals surface area contributed by atoms with Crippen LogP contribution in [-0.2, 0) is 6.42 Å². The molecule has 0 amide bonds. The van der Waals surface area contributed by atoms with Crippen LogP contribution in [0.4, 0.5) is 0 Å². The molecule has 0 saturated heterocycles. The predicted octanol–water partition coefficient (Wildman–Crippen LogP) is 2.51. The van der Waals surface area contributed by atoms with Crippen molar-refractivity contribution >= 4 is 0 Å². The minimum Gasteiger partial charge on any atom is -0.392 e. The molecule has 2 unspecified atom stereocenters. The molecule has 1 aromatic carbocycles. The summed E-state index contributed by atoms with van der Waals surface area (Å²) in [5.41, 5.74) is 8.13. The molecular formula is C17H22N2O. The van der Waals surface area contributed by atoms with Gasteiger partial charge in [-0.15, -0.1) is 0 Å². The minimum atomic E-state index is -0.409. The number of aromatic nitrogens is 1. The van der Waals surface area contributed by atoms with Gasteiger partial charge in [-0.1, -0.05) is 36.4 Å². The van der Waals surface area contributed by atoms with E-state index in [4.69, 9.17) is 5.73 Å². The van der Waals surface area contributed by atoms with Gasteiger partial charge in [-0.25, -0.2) is 0 Å². The molecule has 0 saturated carbocycles. The Morgan fingerprint density at radius 3 is 2.55 bits per heavy atom. The highest BCUT2D eigenvalue weighted by atomic mass is 16.3. The number of benzene rings is 1. The van der Waals surface area contributed by atoms with E-state index < -0.39 is 6.10 Å². The van der Waals surface area contributed by atoms with Crippen LogP contribution < -0.4 is 5.73 Å². The van der Waals surface area contributed by atoms with Crippen molar-refractivity contribution in [3.63, 3.8) is 0 Å². The number of hydrogen-bond acceptors (Lipinski definition) is 3. The second kappa shape index (κ2) is 7.78. The number of nitrogens with zero attached hydrogens (tertiary/aromatic N) is 1. The van der Waals surface area contributed by atoms with E-state index in [-0.39, 0.29) is 5.92 Å². The molecule has 3 heteroatoms. The second-order valence-corrected chi connectivity index (χ2v) is 5.07. The van der Waals surface area contributed by atoms with Gasteiger partial charge in [0.05, 0.1) is 6.10 Å². The van der Waals surface area contributed by atoms with Crippen LogP contribution in [0, 0.1) is 0 Å². The predicted molar refractivity (Wildman–Crippen MR) is 81.4 cm³/mol. The van der Waals surface area contributed by atoms with Gasteiger partial charge >= 0.3 is 0 Å². The van der Waals surface area contributed by atoms with E-state index in [9.17, 15) is 5.11 Å². The zero-order valence-corrected chi connectivity index (χ0v) is 11.7. The molecule has 0 aliphatic heterocycles. The summed E-state index contributed by atoms with van der Waals surface area (Å²) in [7, 11) is 0. The van der Waals surface area contributed by atoms with E-state index in [1.54, 1.807) is 12.4 Å². The first-order valence-corrected chi connectivity index (χ1v) is 7.13. The number of aryl methyl sites for hydroxylation is 1. The van der Waals surface area contributed by atoms with E-state index >= 15 is 0 Å². The second-order valence-electron chi connectivity index (χ2n) is 5.07. The van der Waals surface area contributed by atoms with Crippen LogP contribution in [0.5, 0.6) is 0 Å². The van der Waals surface area contributed by atoms with Gasteiger partial charge in [0.1, 0.15) is 0 Å². The maximum absolute atomic E-state index is 10.3. The Kier molecular flexibility index (Phi) is 5.71. The molecule has 0 fully saturated rings. The van der Waals surface area contributed by atoms with Crippen molar-refractivity contribution in [2.75, 3.05) is 6.54 Å². The summed E-state index contributed by atoms with van der Waals surface area (Å²) in [4.78, 5) is 4.10. The van der Waals surface area contributed by atoms with Gasteiger partial charge in [0.15, 0.2) is 0 Å². The SMILES string of the molecule is NCC(c1cccnc1)C(O)CCCc1ccccc1. The van der Waals surface area contributed by atoms with E-state index in [2.05, 4.69) is 17.1 Å². The average Bonchev–Trinajstić information content (AvgIpc) is 2.50. The number of nitrogens with two attached hydrogens (primary N) is 1. The summed E-state index contributed by atoms with van der Waals surface area (Å²) in [5, 5.41) is 10.3. The summed E-state index contributed by atoms with van der Waals surface area (Å²) in [6, 6.07) is 14.2. The molecule has 1 aromatic heterocycles. The van der Waals surface area contributed by atoms with Crippen molar-refractivity contribution in [2.24, 2.45) is 5.73 Å². The van der Waals surface area contributed by atoms with Crippen LogP contribution in [0.2, 0.25) is 0 Å². The Morgan fingerprint density at radius 2 is 1.90 bits per heavy atom. The van der Waals surface area contributed by atoms with Crippen LogP contribution in [0.25, 0.3) is 0 Å². The largest absolute Gasteiger partial charge is 0.392 e. The molecule has 106 valence electrons. The molecule has 20 heavy (non-hydrogen) atoms. The van der Waals surface area contributed by atoms with Gasteiger partial charge in [-0.2, -0.15) is 0 Å². The fourth-order valence-electron chi connectivity index (χ4n) is 2.47. The fraction of sp³-hybridized carbons (Fsp3) is 0.353. The molecule has 2 aromatic rings. The molecule has 2 rings (SSSR count). The van der Waals surface area contributed by atoms with Gasteiger partial charge in [0.2, 0.25) is 0 Å². The monoisotopic (exact) mass is 270 g/mol. The number of pyridine rings is 1. The number of aliphatic hydroxyl groups excluding tert-OH is 1. The molecule has 0 bridgehead atoms. The third-order valence-corrected chi connectivity index (χ3v) is 3.64. The Balaban J connectivity index is 1.85. The molecule has 0 radical (unpaired) electrons. The van der Waals surface area contributed by atoms with Gasteiger partial charge < -0.3 is 10.8 Å². The lowest BCUT2D eigenvalue weighted by atomic mass is 9.91. The zero-order valence-electron chi connectivity index (χ0n) is 11.7. The third-order valence-electron chi connectivity index (χ3n) is 3.64. The average molecular weight is 270 g/mol. The van der Waals surface area contributed by atoms with Crippen LogP contribution in [-0.4, -0.2) is 22.7 Å². The quantitative estimate of drug-likeness (QED) is 0.812. The maximum Gasteiger partial charge on any atom is 0.0621 e. The highest BCUT2D eigenvalue weighted by molar-refractivity contribution is 5.17. The van der Waals surface area contributed by atoms with Gasteiger partial charge in [0.25, 0.3) is 0 Å². The summed E-state index contributed by atoms with van der Waals surface area (Å²) >= 11 is 0. The molecule has 0 aliphatic carbocycles. The number of rotatable bonds is 7. The fourth-order valence-corrected chi connectivity index (χ4v) is 2.47. The standard InChI is InChI=1S/C17H22N2O/c18-12-16(15-9-5-11-19-13-15)17(20)10-4-8-14-6-2-1-3-7-14/h1-3,5-7,9,11,13,16-17,20H,4,8,10,12,18H2. The molecule has 1 heterocycles. The van der Waals surface area contributed by atoms with Gasteiger partial charge in [0, 0.05) is 24.9 Å². The van der Waals surface area contributed by atoms with Crippen molar-refractivity contribution in [3.05, 3.63) is 66.0 Å². The number of aliphatic hydroxyl groups is 1. The van der Waals surface area contributed by atoms with Crippen molar-refractivity contribution in [1.29, 1.82) is 0 Å². The van der Waals surface area contributed by atoms with E-state index in [1.807, 2.05) is 30.3 Å². The molecular weight excluding hydrogens is 248 g/mol. The lowest BCUT2D eigenvalue weighted by Crippen LogP contribution is -2.26. The van der Waals surface area contributed by atoms with Gasteiger partial charge in [-0.05, 0) is 36.5 Å². The summed E-state index contributed by atoms with van der Waals surface area (Å²) in [5.74, 6) is -0.0283. The first kappa shape index (κ1) is 14.7. The lowest BCUT2D eigenvalue weighted by molar-refractivity contribution is 0.133. The van der Waals surface area contributed by atoms with Crippen molar-refractivity contribution in [1.82, 2.24) is 4.98 Å². The number of hydrogen-bond donors (Lipinski definition) is 2. The van der Waals surface area contributed by atoms with Crippen LogP contribution in [0.1, 0.15) is 29.9 Å². The molecule has 0 spiro atoms. The maximum atomic E-state index is 10.3. The van der Waals surface area contributed by atoms with Crippen molar-refractivity contribution < 1.29 is 5.11 Å². The molecule has 3 nitrogen and oxygen atoms in total. The smallest absolute Gasteiger partial charge is 0.0621 e. The topological polar surface area (TPSA) is 59.1 Å². The highest BCUT2D eigenvalue weighted by Crippen LogP contribution is 2.21. The van der Waals surface area contributed by atoms with Gasteiger partial charge in [-0.3, -0.25) is 4.98 Å². The van der Waals surface area contributed by atoms with Crippen LogP contribution in [0.15, 0.2) is 54.9 Å². The molecule has 2 atom stereocenters. The molecule has 3 N–H and O–H groups in total. The van der Waals surface area contributed by atoms with Crippen molar-refractivity contribution in [2.45, 2.75) is 31.3 Å². The summed E-state index contributed by atoms with van der Waals surface area (Å²) in [6.07, 6.45) is 5.82. The lowest BCUT2D eigenvalue weighted by Gasteiger charge is -2.21. The first-order chi connectivity index (χ1) is 9.81. The summed E-state index contributed by atoms with van der Waals surface area (Å²) < 4.78 is 0. The Bertz CT molecular complexity index is 487. The molecule has 0 aliphatic rings. The van der Waals surface area contributed by atoms with Crippen LogP contribution >= 0.6 is 0 Å². The highest BCUT2D eigenvalue weighted by Gasteiger charge is 2.19. The zero-order chi connectivity index (χ0) is 14.2. The normalized spacial score (nSPS) is 13.9. The van der Waals surface area contributed by atoms with Crippen LogP contribution in [0.3, 0.4) is 0 Å². The Labute approximate surface area is 120 Å². The summed E-state index contributed by atoms with van der Waals surface area (Å²) in [6.45, 7) is 0.443. The van der Waals surface area contributed by atoms with E-state index in [0.29, 0.717) is 6.54 Å². The minimum absolute atomic E-state index is 0.0283. The van der Waals surface area contributed by atoms with Crippen molar-refractivity contribution in [3.8, 4) is 0 Å². The third kappa shape index (κ3) is 4.15. The van der Waals surface area contributed by atoms with E-state index in [0.717, 1.165) is 24.8 Å². The Morgan fingerprint density at radius 1 is 1.10 bits per heavy atom. The van der Waals surface area contributed by atoms with E-state index in [1.165, 1.54) is 5.56 Å². The Hall–Kier alpha value is -1.71.